The lowest BCUT2D eigenvalue weighted by Crippen LogP contribution is -2.34. The topological polar surface area (TPSA) is 79.7 Å². The Morgan fingerprint density at radius 1 is 1.28 bits per heavy atom. The van der Waals surface area contributed by atoms with E-state index in [1.807, 2.05) is 0 Å². The molecule has 1 aliphatic rings. The molecule has 156 valence electrons. The predicted molar refractivity (Wildman–Crippen MR) is 98.5 cm³/mol. The third-order valence-electron chi connectivity index (χ3n) is 4.54. The summed E-state index contributed by atoms with van der Waals surface area (Å²) in [4.78, 5) is 17.5. The van der Waals surface area contributed by atoms with E-state index < -0.39 is 32.8 Å². The number of rotatable bonds is 6. The Bertz CT molecular complexity index is 890. The molecular formula is C19H19F3N2O4S. The van der Waals surface area contributed by atoms with Gasteiger partial charge in [0.1, 0.15) is 10.8 Å². The number of likely N-dealkylation sites (tertiary alicyclic amines) is 1. The maximum Gasteiger partial charge on any atom is 0.419 e. The van der Waals surface area contributed by atoms with Crippen molar-refractivity contribution in [2.24, 2.45) is 0 Å². The van der Waals surface area contributed by atoms with Crippen LogP contribution in [0.15, 0.2) is 47.6 Å². The molecule has 1 aliphatic heterocycles. The molecule has 10 heteroatoms. The lowest BCUT2D eigenvalue weighted by Gasteiger charge is -2.17. The van der Waals surface area contributed by atoms with Crippen molar-refractivity contribution in [2.45, 2.75) is 29.5 Å². The molecule has 2 atom stereocenters. The summed E-state index contributed by atoms with van der Waals surface area (Å²) in [6.07, 6.45) is -3.15. The number of hydrogen-bond donors (Lipinski definition) is 1. The highest BCUT2D eigenvalue weighted by atomic mass is 32.2. The Hall–Kier alpha value is -2.46. The monoisotopic (exact) mass is 428 g/mol. The fourth-order valence-corrected chi connectivity index (χ4v) is 4.50. The maximum absolute atomic E-state index is 13.1. The smallest absolute Gasteiger partial charge is 0.419 e. The fraction of sp³-hybridized carbons (Fsp3) is 0.368. The maximum atomic E-state index is 13.1. The highest BCUT2D eigenvalue weighted by Gasteiger charge is 2.39. The summed E-state index contributed by atoms with van der Waals surface area (Å²) < 4.78 is 57.5. The number of ether oxygens (including phenoxy) is 1. The second kappa shape index (κ2) is 8.91. The van der Waals surface area contributed by atoms with Gasteiger partial charge in [-0.15, -0.1) is 0 Å². The van der Waals surface area contributed by atoms with Gasteiger partial charge in [-0.3, -0.25) is 9.00 Å². The van der Waals surface area contributed by atoms with Crippen molar-refractivity contribution in [2.75, 3.05) is 19.7 Å². The number of halogens is 3. The number of pyridine rings is 1. The highest BCUT2D eigenvalue weighted by Crippen LogP contribution is 2.34. The Labute approximate surface area is 167 Å². The van der Waals surface area contributed by atoms with Gasteiger partial charge in [0.15, 0.2) is 6.61 Å². The molecule has 0 spiro atoms. The van der Waals surface area contributed by atoms with E-state index in [0.29, 0.717) is 17.7 Å². The number of aliphatic hydroxyl groups excluding tert-OH is 1. The molecule has 1 saturated heterocycles. The molecule has 2 aromatic rings. The van der Waals surface area contributed by atoms with Gasteiger partial charge < -0.3 is 14.7 Å². The van der Waals surface area contributed by atoms with Crippen LogP contribution < -0.4 is 4.74 Å². The summed E-state index contributed by atoms with van der Waals surface area (Å²) in [5.74, 6) is 0.117. The predicted octanol–water partition coefficient (Wildman–Crippen LogP) is 2.38. The minimum atomic E-state index is -4.65. The number of nitrogens with zero attached hydrogens (tertiary/aromatic N) is 2. The molecule has 2 heterocycles. The molecule has 1 N–H and O–H groups in total. The van der Waals surface area contributed by atoms with E-state index in [-0.39, 0.29) is 32.2 Å². The summed E-state index contributed by atoms with van der Waals surface area (Å²) in [5, 5.41) is 7.88. The number of carbonyl (C=O) groups excluding carboxylic acids is 1. The summed E-state index contributed by atoms with van der Waals surface area (Å²) >= 11 is 0. The first-order valence-corrected chi connectivity index (χ1v) is 10.0. The number of alkyl halides is 3. The average molecular weight is 428 g/mol. The van der Waals surface area contributed by atoms with Crippen LogP contribution in [0.4, 0.5) is 13.2 Å². The normalized spacial score (nSPS) is 17.9. The average Bonchev–Trinajstić information content (AvgIpc) is 3.21. The van der Waals surface area contributed by atoms with Crippen molar-refractivity contribution in [1.82, 2.24) is 9.88 Å². The molecule has 0 bridgehead atoms. The van der Waals surface area contributed by atoms with Gasteiger partial charge in [0.2, 0.25) is 0 Å². The molecule has 1 amide bonds. The lowest BCUT2D eigenvalue weighted by molar-refractivity contribution is -0.140. The van der Waals surface area contributed by atoms with Crippen molar-refractivity contribution in [3.05, 3.63) is 53.7 Å². The van der Waals surface area contributed by atoms with Crippen molar-refractivity contribution in [3.63, 3.8) is 0 Å². The number of benzene rings is 1. The summed E-state index contributed by atoms with van der Waals surface area (Å²) in [7, 11) is -1.99. The van der Waals surface area contributed by atoms with Crippen molar-refractivity contribution in [1.29, 1.82) is 0 Å². The molecule has 1 aromatic heterocycles. The minimum Gasteiger partial charge on any atom is -0.484 e. The molecule has 0 saturated carbocycles. The van der Waals surface area contributed by atoms with E-state index in [2.05, 4.69) is 4.98 Å². The third-order valence-corrected chi connectivity index (χ3v) is 6.23. The van der Waals surface area contributed by atoms with E-state index in [1.165, 1.54) is 11.1 Å². The molecule has 0 aliphatic carbocycles. The quantitative estimate of drug-likeness (QED) is 0.764. The zero-order valence-corrected chi connectivity index (χ0v) is 16.1. The molecule has 29 heavy (non-hydrogen) atoms. The van der Waals surface area contributed by atoms with Crippen molar-refractivity contribution < 1.29 is 32.0 Å². The van der Waals surface area contributed by atoms with Crippen molar-refractivity contribution >= 4 is 16.7 Å². The van der Waals surface area contributed by atoms with E-state index in [1.54, 1.807) is 24.3 Å². The van der Waals surface area contributed by atoms with Crippen LogP contribution in [0, 0.1) is 0 Å². The SMILES string of the molecule is O=C(COc1ccc(CO)cc1)N1CCC(S(=O)c2ncccc2C(F)(F)F)C1. The second-order valence-corrected chi connectivity index (χ2v) is 8.14. The Morgan fingerprint density at radius 3 is 2.66 bits per heavy atom. The third kappa shape index (κ3) is 5.13. The first-order chi connectivity index (χ1) is 13.8. The van der Waals surface area contributed by atoms with Gasteiger partial charge in [-0.25, -0.2) is 4.98 Å². The number of hydrogen-bond acceptors (Lipinski definition) is 5. The molecule has 6 nitrogen and oxygen atoms in total. The number of carbonyl (C=O) groups is 1. The lowest BCUT2D eigenvalue weighted by atomic mass is 10.2. The first-order valence-electron chi connectivity index (χ1n) is 8.82. The van der Waals surface area contributed by atoms with Crippen LogP contribution in [0.5, 0.6) is 5.75 Å². The van der Waals surface area contributed by atoms with Gasteiger partial charge in [0.05, 0.1) is 28.2 Å². The van der Waals surface area contributed by atoms with E-state index in [9.17, 15) is 22.2 Å². The zero-order valence-electron chi connectivity index (χ0n) is 15.3. The molecule has 2 unspecified atom stereocenters. The standard InChI is InChI=1S/C19H19F3N2O4S/c20-19(21,22)16-2-1-8-23-18(16)29(27)15-7-9-24(10-15)17(26)12-28-14-5-3-13(11-25)4-6-14/h1-6,8,15,25H,7,9-12H2. The highest BCUT2D eigenvalue weighted by molar-refractivity contribution is 7.85. The molecule has 0 radical (unpaired) electrons. The van der Waals surface area contributed by atoms with Gasteiger partial charge in [-0.1, -0.05) is 12.1 Å². The largest absolute Gasteiger partial charge is 0.484 e. The van der Waals surface area contributed by atoms with Gasteiger partial charge >= 0.3 is 6.18 Å². The van der Waals surface area contributed by atoms with Crippen LogP contribution in [-0.2, 0) is 28.4 Å². The van der Waals surface area contributed by atoms with Crippen LogP contribution in [0.3, 0.4) is 0 Å². The van der Waals surface area contributed by atoms with Crippen LogP contribution in [0.25, 0.3) is 0 Å². The van der Waals surface area contributed by atoms with Gasteiger partial charge in [0.25, 0.3) is 5.91 Å². The molecule has 3 rings (SSSR count). The Morgan fingerprint density at radius 2 is 2.00 bits per heavy atom. The number of amides is 1. The fourth-order valence-electron chi connectivity index (χ4n) is 2.98. The van der Waals surface area contributed by atoms with Gasteiger partial charge in [-0.2, -0.15) is 13.2 Å². The van der Waals surface area contributed by atoms with E-state index in [0.717, 1.165) is 12.1 Å². The van der Waals surface area contributed by atoms with Crippen LogP contribution in [0.2, 0.25) is 0 Å². The molecule has 1 aromatic carbocycles. The summed E-state index contributed by atoms with van der Waals surface area (Å²) in [5.41, 5.74) is -0.306. The Kier molecular flexibility index (Phi) is 6.53. The van der Waals surface area contributed by atoms with Crippen LogP contribution >= 0.6 is 0 Å². The van der Waals surface area contributed by atoms with Crippen molar-refractivity contribution in [3.8, 4) is 5.75 Å². The summed E-state index contributed by atoms with van der Waals surface area (Å²) in [6, 6.07) is 8.59. The Balaban J connectivity index is 1.59. The summed E-state index contributed by atoms with van der Waals surface area (Å²) in [6.45, 7) is 0.0232. The van der Waals surface area contributed by atoms with Crippen LogP contribution in [-0.4, -0.2) is 50.1 Å². The molecule has 1 fully saturated rings. The van der Waals surface area contributed by atoms with Gasteiger partial charge in [0, 0.05) is 19.3 Å². The van der Waals surface area contributed by atoms with Crippen LogP contribution in [0.1, 0.15) is 17.5 Å². The van der Waals surface area contributed by atoms with E-state index >= 15 is 0 Å². The first kappa shape index (κ1) is 21.3. The number of aromatic nitrogens is 1. The number of aliphatic hydroxyl groups is 1. The minimum absolute atomic E-state index is 0.0755. The second-order valence-electron chi connectivity index (χ2n) is 6.49. The molecular weight excluding hydrogens is 409 g/mol. The van der Waals surface area contributed by atoms with Gasteiger partial charge in [-0.05, 0) is 36.2 Å². The zero-order chi connectivity index (χ0) is 21.0. The van der Waals surface area contributed by atoms with E-state index in [4.69, 9.17) is 9.84 Å².